The minimum Gasteiger partial charge on any atom is -0.481 e. The number of urea groups is 1. The van der Waals surface area contributed by atoms with Gasteiger partial charge in [-0.15, -0.1) is 0 Å². The van der Waals surface area contributed by atoms with Gasteiger partial charge in [-0.1, -0.05) is 36.8 Å². The van der Waals surface area contributed by atoms with E-state index in [2.05, 4.69) is 34.5 Å². The van der Waals surface area contributed by atoms with Crippen molar-refractivity contribution < 1.29 is 14.7 Å². The lowest BCUT2D eigenvalue weighted by Gasteiger charge is -2.26. The number of carbonyl (C=O) groups excluding carboxylic acids is 1. The van der Waals surface area contributed by atoms with Crippen LogP contribution in [-0.4, -0.2) is 59.6 Å². The van der Waals surface area contributed by atoms with Gasteiger partial charge in [0.05, 0.1) is 5.41 Å². The van der Waals surface area contributed by atoms with Crippen molar-refractivity contribution in [2.45, 2.75) is 39.2 Å². The largest absolute Gasteiger partial charge is 0.481 e. The van der Waals surface area contributed by atoms with Gasteiger partial charge >= 0.3 is 12.0 Å². The third-order valence-electron chi connectivity index (χ3n) is 5.92. The first-order valence-electron chi connectivity index (χ1n) is 9.99. The number of hydrogen-bond acceptors (Lipinski definition) is 3. The summed E-state index contributed by atoms with van der Waals surface area (Å²) in [5, 5.41) is 12.4. The molecule has 2 aliphatic rings. The Hall–Kier alpha value is -2.08. The number of likely N-dealkylation sites (tertiary alicyclic amines) is 2. The lowest BCUT2D eigenvalue weighted by Crippen LogP contribution is -2.43. The summed E-state index contributed by atoms with van der Waals surface area (Å²) < 4.78 is 0. The van der Waals surface area contributed by atoms with Gasteiger partial charge in [-0.05, 0) is 44.2 Å². The molecule has 0 spiro atoms. The Balaban J connectivity index is 1.48. The second-order valence-corrected chi connectivity index (χ2v) is 8.31. The monoisotopic (exact) mass is 373 g/mol. The summed E-state index contributed by atoms with van der Waals surface area (Å²) in [6.45, 7) is 6.22. The molecule has 1 aromatic rings. The summed E-state index contributed by atoms with van der Waals surface area (Å²) >= 11 is 0. The highest BCUT2D eigenvalue weighted by atomic mass is 16.4. The van der Waals surface area contributed by atoms with Crippen LogP contribution in [0.4, 0.5) is 4.79 Å². The zero-order valence-electron chi connectivity index (χ0n) is 16.2. The summed E-state index contributed by atoms with van der Waals surface area (Å²) in [5.41, 5.74) is 0.513. The van der Waals surface area contributed by atoms with Gasteiger partial charge < -0.3 is 15.3 Å². The van der Waals surface area contributed by atoms with Crippen LogP contribution in [0.1, 0.15) is 38.2 Å². The number of carboxylic acid groups (broad SMARTS) is 1. The second-order valence-electron chi connectivity index (χ2n) is 8.31. The smallest absolute Gasteiger partial charge is 0.317 e. The van der Waals surface area contributed by atoms with E-state index in [0.29, 0.717) is 32.0 Å². The van der Waals surface area contributed by atoms with Crippen LogP contribution in [0.5, 0.6) is 0 Å². The molecule has 0 aliphatic carbocycles. The van der Waals surface area contributed by atoms with E-state index >= 15 is 0 Å². The Bertz CT molecular complexity index is 651. The fraction of sp³-hybridized carbons (Fsp3) is 0.619. The summed E-state index contributed by atoms with van der Waals surface area (Å²) in [6, 6.07) is 10.4. The van der Waals surface area contributed by atoms with E-state index in [-0.39, 0.29) is 6.03 Å². The number of nitrogens with zero attached hydrogens (tertiary/aromatic N) is 2. The number of carbonyl (C=O) groups is 2. The van der Waals surface area contributed by atoms with Gasteiger partial charge in [0.2, 0.25) is 0 Å². The van der Waals surface area contributed by atoms with Gasteiger partial charge in [-0.25, -0.2) is 4.79 Å². The van der Waals surface area contributed by atoms with Gasteiger partial charge in [0.1, 0.15) is 0 Å². The highest BCUT2D eigenvalue weighted by Gasteiger charge is 2.42. The van der Waals surface area contributed by atoms with E-state index in [4.69, 9.17) is 0 Å². The summed E-state index contributed by atoms with van der Waals surface area (Å²) in [7, 11) is 0. The maximum absolute atomic E-state index is 12.5. The molecule has 2 N–H and O–H groups in total. The topological polar surface area (TPSA) is 72.9 Å². The van der Waals surface area contributed by atoms with E-state index in [9.17, 15) is 14.7 Å². The minimum atomic E-state index is -0.821. The maximum Gasteiger partial charge on any atom is 0.317 e. The Morgan fingerprint density at radius 2 is 2.00 bits per heavy atom. The number of hydrogen-bond donors (Lipinski definition) is 2. The predicted octanol–water partition coefficient (Wildman–Crippen LogP) is 2.79. The van der Waals surface area contributed by atoms with Crippen molar-refractivity contribution in [1.82, 2.24) is 15.1 Å². The molecule has 2 amide bonds. The molecule has 0 radical (unpaired) electrons. The maximum atomic E-state index is 12.5. The van der Waals surface area contributed by atoms with Crippen LogP contribution in [0, 0.1) is 11.3 Å². The van der Waals surface area contributed by atoms with Crippen LogP contribution in [0.15, 0.2) is 30.3 Å². The van der Waals surface area contributed by atoms with E-state index < -0.39 is 11.4 Å². The molecule has 0 bridgehead atoms. The average molecular weight is 373 g/mol. The third-order valence-corrected chi connectivity index (χ3v) is 5.92. The second kappa shape index (κ2) is 8.74. The molecule has 3 rings (SSSR count). The molecule has 2 fully saturated rings. The molecule has 0 aromatic heterocycles. The molecule has 6 heteroatoms. The summed E-state index contributed by atoms with van der Waals surface area (Å²) in [5.74, 6) is -0.383. The molecule has 148 valence electrons. The van der Waals surface area contributed by atoms with Crippen LogP contribution >= 0.6 is 0 Å². The quantitative estimate of drug-likeness (QED) is 0.832. The fourth-order valence-corrected chi connectivity index (χ4v) is 4.12. The van der Waals surface area contributed by atoms with Crippen molar-refractivity contribution >= 4 is 12.0 Å². The van der Waals surface area contributed by atoms with E-state index in [1.54, 1.807) is 11.8 Å². The zero-order chi connectivity index (χ0) is 19.3. The first-order chi connectivity index (χ1) is 13.0. The fourth-order valence-electron chi connectivity index (χ4n) is 4.12. The van der Waals surface area contributed by atoms with Crippen LogP contribution < -0.4 is 5.32 Å². The van der Waals surface area contributed by atoms with E-state index in [1.807, 2.05) is 6.07 Å². The van der Waals surface area contributed by atoms with Crippen molar-refractivity contribution in [2.24, 2.45) is 11.3 Å². The van der Waals surface area contributed by atoms with Crippen molar-refractivity contribution in [2.75, 3.05) is 32.7 Å². The zero-order valence-corrected chi connectivity index (χ0v) is 16.2. The Morgan fingerprint density at radius 1 is 1.22 bits per heavy atom. The number of amides is 2. The van der Waals surface area contributed by atoms with E-state index in [0.717, 1.165) is 26.1 Å². The number of aliphatic carboxylic acids is 1. The molecule has 2 atom stereocenters. The molecule has 2 heterocycles. The first kappa shape index (κ1) is 19.7. The lowest BCUT2D eigenvalue weighted by atomic mass is 9.90. The van der Waals surface area contributed by atoms with Crippen LogP contribution in [0.2, 0.25) is 0 Å². The highest BCUT2D eigenvalue weighted by Crippen LogP contribution is 2.30. The van der Waals surface area contributed by atoms with Crippen LogP contribution in [-0.2, 0) is 11.3 Å². The van der Waals surface area contributed by atoms with Gasteiger partial charge in [0, 0.05) is 32.7 Å². The average Bonchev–Trinajstić information content (AvgIpc) is 2.93. The number of nitrogens with one attached hydrogen (secondary N) is 1. The van der Waals surface area contributed by atoms with Crippen molar-refractivity contribution in [3.63, 3.8) is 0 Å². The SMILES string of the molecule is CC1(C(=O)O)CCN(C(=O)NCC2CCCCN(Cc3ccccc3)C2)C1. The van der Waals surface area contributed by atoms with E-state index in [1.165, 1.54) is 18.4 Å². The normalized spacial score (nSPS) is 26.6. The molecule has 27 heavy (non-hydrogen) atoms. The predicted molar refractivity (Wildman–Crippen MR) is 104 cm³/mol. The van der Waals surface area contributed by atoms with Gasteiger partial charge in [0.15, 0.2) is 0 Å². The molecule has 1 aromatic carbocycles. The standard InChI is InChI=1S/C21H31N3O3/c1-21(19(25)26)10-12-24(16-21)20(27)22-13-18-9-5-6-11-23(15-18)14-17-7-3-2-4-8-17/h2-4,7-8,18H,5-6,9-16H2,1H3,(H,22,27)(H,25,26). The Kier molecular flexibility index (Phi) is 6.37. The molecule has 6 nitrogen and oxygen atoms in total. The number of rotatable bonds is 5. The first-order valence-corrected chi connectivity index (χ1v) is 9.99. The Morgan fingerprint density at radius 3 is 2.70 bits per heavy atom. The van der Waals surface area contributed by atoms with Crippen LogP contribution in [0.25, 0.3) is 0 Å². The number of carboxylic acids is 1. The molecule has 2 saturated heterocycles. The van der Waals surface area contributed by atoms with Crippen molar-refractivity contribution in [3.8, 4) is 0 Å². The molecular weight excluding hydrogens is 342 g/mol. The van der Waals surface area contributed by atoms with Gasteiger partial charge in [0.25, 0.3) is 0 Å². The van der Waals surface area contributed by atoms with Crippen LogP contribution in [0.3, 0.4) is 0 Å². The summed E-state index contributed by atoms with van der Waals surface area (Å²) in [4.78, 5) is 28.0. The third kappa shape index (κ3) is 5.22. The lowest BCUT2D eigenvalue weighted by molar-refractivity contribution is -0.147. The molecular formula is C21H31N3O3. The minimum absolute atomic E-state index is 0.126. The number of benzene rings is 1. The molecule has 2 aliphatic heterocycles. The van der Waals surface area contributed by atoms with Gasteiger partial charge in [-0.3, -0.25) is 9.69 Å². The Labute approximate surface area is 161 Å². The highest BCUT2D eigenvalue weighted by molar-refractivity contribution is 5.79. The summed E-state index contributed by atoms with van der Waals surface area (Å²) in [6.07, 6.45) is 4.02. The van der Waals surface area contributed by atoms with Crippen molar-refractivity contribution in [1.29, 1.82) is 0 Å². The van der Waals surface area contributed by atoms with Crippen molar-refractivity contribution in [3.05, 3.63) is 35.9 Å². The van der Waals surface area contributed by atoms with Gasteiger partial charge in [-0.2, -0.15) is 0 Å². The molecule has 0 saturated carbocycles. The molecule has 2 unspecified atom stereocenters.